The number of carbonyl (C=O) groups is 1. The van der Waals surface area contributed by atoms with Crippen LogP contribution >= 0.6 is 0 Å². The summed E-state index contributed by atoms with van der Waals surface area (Å²) in [5.41, 5.74) is 0.838. The van der Waals surface area contributed by atoms with Gasteiger partial charge in [0.15, 0.2) is 11.5 Å². The number of fused-ring (bicyclic) bond motifs is 1. The molecule has 1 atom stereocenters. The molecule has 18 heavy (non-hydrogen) atoms. The Balaban J connectivity index is 1.97. The van der Waals surface area contributed by atoms with Crippen LogP contribution in [0, 0.1) is 5.41 Å². The largest absolute Gasteiger partial charge is 0.486 e. The number of carbonyl (C=O) groups excluding carboxylic acids is 1. The second-order valence-corrected chi connectivity index (χ2v) is 4.26. The van der Waals surface area contributed by atoms with Gasteiger partial charge in [0.1, 0.15) is 25.1 Å². The summed E-state index contributed by atoms with van der Waals surface area (Å²) in [6.07, 6.45) is 0. The van der Waals surface area contributed by atoms with Crippen LogP contribution in [-0.4, -0.2) is 37.0 Å². The van der Waals surface area contributed by atoms with Crippen molar-refractivity contribution >= 4 is 11.9 Å². The third kappa shape index (κ3) is 1.57. The van der Waals surface area contributed by atoms with Gasteiger partial charge in [0, 0.05) is 7.05 Å². The highest BCUT2D eigenvalue weighted by atomic mass is 16.6. The van der Waals surface area contributed by atoms with Gasteiger partial charge in [0.05, 0.1) is 0 Å². The van der Waals surface area contributed by atoms with E-state index in [1.165, 1.54) is 4.90 Å². The van der Waals surface area contributed by atoms with E-state index in [4.69, 9.17) is 14.9 Å². The minimum Gasteiger partial charge on any atom is -0.486 e. The van der Waals surface area contributed by atoms with Crippen molar-refractivity contribution in [3.05, 3.63) is 23.8 Å². The minimum atomic E-state index is -0.381. The summed E-state index contributed by atoms with van der Waals surface area (Å²) < 4.78 is 10.9. The molecule has 2 aliphatic rings. The predicted molar refractivity (Wildman–Crippen MR) is 64.2 cm³/mol. The Kier molecular flexibility index (Phi) is 2.36. The lowest BCUT2D eigenvalue weighted by atomic mass is 10.1. The van der Waals surface area contributed by atoms with E-state index in [-0.39, 0.29) is 17.9 Å². The zero-order valence-corrected chi connectivity index (χ0v) is 9.90. The molecule has 3 rings (SSSR count). The van der Waals surface area contributed by atoms with Crippen molar-refractivity contribution in [2.24, 2.45) is 0 Å². The summed E-state index contributed by atoms with van der Waals surface area (Å²) >= 11 is 0. The molecule has 2 heterocycles. The number of hydrogen-bond donors (Lipinski definition) is 2. The zero-order chi connectivity index (χ0) is 12.7. The normalized spacial score (nSPS) is 22.1. The number of ether oxygens (including phenoxy) is 2. The molecule has 6 nitrogen and oxygen atoms in total. The van der Waals surface area contributed by atoms with E-state index >= 15 is 0 Å². The second-order valence-electron chi connectivity index (χ2n) is 4.26. The van der Waals surface area contributed by atoms with E-state index in [1.54, 1.807) is 7.05 Å². The summed E-state index contributed by atoms with van der Waals surface area (Å²) in [5.74, 6) is 1.55. The van der Waals surface area contributed by atoms with Crippen molar-refractivity contribution in [1.82, 2.24) is 10.2 Å². The van der Waals surface area contributed by atoms with Crippen LogP contribution in [-0.2, 0) is 0 Å². The maximum atomic E-state index is 11.5. The maximum Gasteiger partial charge on any atom is 0.323 e. The first-order valence-electron chi connectivity index (χ1n) is 5.68. The number of nitrogens with zero attached hydrogens (tertiary/aromatic N) is 1. The SMILES string of the molecule is CN1C(=O)NC(=N)C1c1ccc2c(c1)OCCO2. The molecular weight excluding hydrogens is 234 g/mol. The van der Waals surface area contributed by atoms with Crippen molar-refractivity contribution in [1.29, 1.82) is 5.41 Å². The molecule has 0 radical (unpaired) electrons. The summed E-state index contributed by atoms with van der Waals surface area (Å²) in [5, 5.41) is 10.3. The first-order valence-corrected chi connectivity index (χ1v) is 5.68. The van der Waals surface area contributed by atoms with E-state index < -0.39 is 0 Å². The minimum absolute atomic E-state index is 0.180. The van der Waals surface area contributed by atoms with Gasteiger partial charge in [0.2, 0.25) is 0 Å². The highest BCUT2D eigenvalue weighted by molar-refractivity contribution is 6.05. The molecule has 0 saturated carbocycles. The Morgan fingerprint density at radius 1 is 1.33 bits per heavy atom. The molecule has 1 fully saturated rings. The maximum absolute atomic E-state index is 11.5. The van der Waals surface area contributed by atoms with Crippen LogP contribution in [0.2, 0.25) is 0 Å². The van der Waals surface area contributed by atoms with Gasteiger partial charge < -0.3 is 14.4 Å². The molecule has 0 aromatic heterocycles. The molecule has 2 amide bonds. The van der Waals surface area contributed by atoms with Crippen LogP contribution < -0.4 is 14.8 Å². The zero-order valence-electron chi connectivity index (χ0n) is 9.90. The smallest absolute Gasteiger partial charge is 0.323 e. The summed E-state index contributed by atoms with van der Waals surface area (Å²) in [6, 6.07) is 4.84. The van der Waals surface area contributed by atoms with Crippen LogP contribution in [0.4, 0.5) is 4.79 Å². The van der Waals surface area contributed by atoms with Gasteiger partial charge in [-0.15, -0.1) is 0 Å². The molecule has 0 aliphatic carbocycles. The molecule has 1 aromatic rings. The summed E-state index contributed by atoms with van der Waals surface area (Å²) in [7, 11) is 1.67. The molecule has 0 spiro atoms. The van der Waals surface area contributed by atoms with E-state index in [1.807, 2.05) is 18.2 Å². The number of likely N-dealkylation sites (N-methyl/N-ethyl adjacent to an activating group) is 1. The Bertz CT molecular complexity index is 529. The van der Waals surface area contributed by atoms with Crippen LogP contribution in [0.5, 0.6) is 11.5 Å². The van der Waals surface area contributed by atoms with E-state index in [0.29, 0.717) is 24.7 Å². The lowest BCUT2D eigenvalue weighted by Crippen LogP contribution is -2.25. The number of nitrogens with one attached hydrogen (secondary N) is 2. The van der Waals surface area contributed by atoms with Crippen molar-refractivity contribution in [2.75, 3.05) is 20.3 Å². The molecule has 0 bridgehead atoms. The Morgan fingerprint density at radius 3 is 2.72 bits per heavy atom. The topological polar surface area (TPSA) is 74.7 Å². The van der Waals surface area contributed by atoms with Gasteiger partial charge in [-0.3, -0.25) is 10.7 Å². The quantitative estimate of drug-likeness (QED) is 0.781. The summed E-state index contributed by atoms with van der Waals surface area (Å²) in [4.78, 5) is 13.0. The third-order valence-corrected chi connectivity index (χ3v) is 3.10. The Labute approximate surface area is 104 Å². The van der Waals surface area contributed by atoms with Crippen LogP contribution in [0.15, 0.2) is 18.2 Å². The average Bonchev–Trinajstić information content (AvgIpc) is 2.63. The first kappa shape index (κ1) is 10.9. The number of urea groups is 1. The highest BCUT2D eigenvalue weighted by Crippen LogP contribution is 2.34. The van der Waals surface area contributed by atoms with Crippen molar-refractivity contribution in [3.8, 4) is 11.5 Å². The summed E-state index contributed by atoms with van der Waals surface area (Å²) in [6.45, 7) is 1.07. The molecular formula is C12H13N3O3. The van der Waals surface area contributed by atoms with Crippen LogP contribution in [0.25, 0.3) is 0 Å². The van der Waals surface area contributed by atoms with Gasteiger partial charge in [-0.05, 0) is 17.7 Å². The van der Waals surface area contributed by atoms with Gasteiger partial charge in [0.25, 0.3) is 0 Å². The fourth-order valence-corrected chi connectivity index (χ4v) is 2.20. The van der Waals surface area contributed by atoms with Crippen molar-refractivity contribution in [2.45, 2.75) is 6.04 Å². The van der Waals surface area contributed by atoms with Crippen LogP contribution in [0.3, 0.4) is 0 Å². The number of amidine groups is 1. The second kappa shape index (κ2) is 3.90. The average molecular weight is 247 g/mol. The number of rotatable bonds is 1. The molecule has 2 aliphatic heterocycles. The molecule has 6 heteroatoms. The Morgan fingerprint density at radius 2 is 2.06 bits per heavy atom. The molecule has 1 aromatic carbocycles. The monoisotopic (exact) mass is 247 g/mol. The van der Waals surface area contributed by atoms with Crippen LogP contribution in [0.1, 0.15) is 11.6 Å². The highest BCUT2D eigenvalue weighted by Gasteiger charge is 2.34. The van der Waals surface area contributed by atoms with Gasteiger partial charge in [-0.2, -0.15) is 0 Å². The standard InChI is InChI=1S/C12H13N3O3/c1-15-10(11(13)14-12(15)16)7-2-3-8-9(6-7)18-5-4-17-8/h2-3,6,10H,4-5H2,1H3,(H2,13,14,16). The van der Waals surface area contributed by atoms with Gasteiger partial charge in [-0.1, -0.05) is 6.07 Å². The third-order valence-electron chi connectivity index (χ3n) is 3.10. The number of hydrogen-bond acceptors (Lipinski definition) is 4. The predicted octanol–water partition coefficient (Wildman–Crippen LogP) is 1.13. The van der Waals surface area contributed by atoms with E-state index in [0.717, 1.165) is 5.56 Å². The molecule has 1 unspecified atom stereocenters. The lowest BCUT2D eigenvalue weighted by molar-refractivity contribution is 0.171. The first-order chi connectivity index (χ1) is 8.66. The fraction of sp³-hybridized carbons (Fsp3) is 0.333. The van der Waals surface area contributed by atoms with Gasteiger partial charge >= 0.3 is 6.03 Å². The van der Waals surface area contributed by atoms with Crippen molar-refractivity contribution in [3.63, 3.8) is 0 Å². The molecule has 2 N–H and O–H groups in total. The van der Waals surface area contributed by atoms with Crippen molar-refractivity contribution < 1.29 is 14.3 Å². The number of amides is 2. The molecule has 1 saturated heterocycles. The van der Waals surface area contributed by atoms with Gasteiger partial charge in [-0.25, -0.2) is 4.79 Å². The number of benzene rings is 1. The fourth-order valence-electron chi connectivity index (χ4n) is 2.20. The lowest BCUT2D eigenvalue weighted by Gasteiger charge is -2.22. The van der Waals surface area contributed by atoms with E-state index in [2.05, 4.69) is 5.32 Å². The molecule has 94 valence electrons. The Hall–Kier alpha value is -2.24. The van der Waals surface area contributed by atoms with E-state index in [9.17, 15) is 4.79 Å².